The summed E-state index contributed by atoms with van der Waals surface area (Å²) in [6.45, 7) is 4.62. The van der Waals surface area contributed by atoms with Gasteiger partial charge in [0.1, 0.15) is 0 Å². The first-order valence-electron chi connectivity index (χ1n) is 7.12. The molecule has 16 heavy (non-hydrogen) atoms. The summed E-state index contributed by atoms with van der Waals surface area (Å²) in [4.78, 5) is 0. The molecular formula is C15H29N. The van der Waals surface area contributed by atoms with Gasteiger partial charge in [0.05, 0.1) is 0 Å². The molecule has 1 aliphatic carbocycles. The Bertz CT molecular complexity index is 203. The topological polar surface area (TPSA) is 12.0 Å². The minimum atomic E-state index is 0.391. The molecule has 0 aromatic heterocycles. The lowest BCUT2D eigenvalue weighted by Gasteiger charge is -2.36. The fourth-order valence-electron chi connectivity index (χ4n) is 2.90. The molecule has 1 nitrogen and oxygen atoms in total. The van der Waals surface area contributed by atoms with Gasteiger partial charge in [0.2, 0.25) is 0 Å². The number of rotatable bonds is 7. The standard InChI is InChI=1S/C15H29N/c1-4-6-12-15(5-2,16-3)13-14-10-8-7-9-11-14/h8,10,14,16H,4-7,9,11-13H2,1-3H3. The zero-order chi connectivity index (χ0) is 11.9. The predicted molar refractivity (Wildman–Crippen MR) is 72.7 cm³/mol. The molecule has 0 bridgehead atoms. The third-order valence-electron chi connectivity index (χ3n) is 4.22. The van der Waals surface area contributed by atoms with Gasteiger partial charge in [-0.3, -0.25) is 0 Å². The van der Waals surface area contributed by atoms with Crippen LogP contribution in [0.4, 0.5) is 0 Å². The van der Waals surface area contributed by atoms with Gasteiger partial charge in [-0.15, -0.1) is 0 Å². The quantitative estimate of drug-likeness (QED) is 0.635. The van der Waals surface area contributed by atoms with Gasteiger partial charge in [0, 0.05) is 5.54 Å². The maximum atomic E-state index is 3.61. The highest BCUT2D eigenvalue weighted by Crippen LogP contribution is 2.31. The molecule has 0 aliphatic heterocycles. The Morgan fingerprint density at radius 1 is 1.38 bits per heavy atom. The first-order chi connectivity index (χ1) is 7.76. The van der Waals surface area contributed by atoms with E-state index >= 15 is 0 Å². The summed E-state index contributed by atoms with van der Waals surface area (Å²) in [6.07, 6.45) is 15.5. The van der Waals surface area contributed by atoms with Gasteiger partial charge in [-0.2, -0.15) is 0 Å². The Hall–Kier alpha value is -0.300. The Labute approximate surface area is 102 Å². The molecule has 2 unspecified atom stereocenters. The van der Waals surface area contributed by atoms with Gasteiger partial charge in [-0.05, 0) is 51.5 Å². The SMILES string of the molecule is CCCCC(CC)(CC1C=CCCC1)NC. The summed E-state index contributed by atoms with van der Waals surface area (Å²) in [7, 11) is 2.14. The van der Waals surface area contributed by atoms with Gasteiger partial charge in [-0.25, -0.2) is 0 Å². The molecule has 1 aliphatic rings. The van der Waals surface area contributed by atoms with Crippen molar-refractivity contribution >= 4 is 0 Å². The Balaban J connectivity index is 2.53. The molecule has 0 heterocycles. The molecule has 1 rings (SSSR count). The van der Waals surface area contributed by atoms with Crippen molar-refractivity contribution in [3.8, 4) is 0 Å². The summed E-state index contributed by atoms with van der Waals surface area (Å²) in [5.74, 6) is 0.818. The van der Waals surface area contributed by atoms with E-state index in [0.717, 1.165) is 5.92 Å². The van der Waals surface area contributed by atoms with Crippen molar-refractivity contribution in [3.63, 3.8) is 0 Å². The molecule has 0 saturated heterocycles. The smallest absolute Gasteiger partial charge is 0.0181 e. The van der Waals surface area contributed by atoms with E-state index in [-0.39, 0.29) is 0 Å². The van der Waals surface area contributed by atoms with E-state index in [0.29, 0.717) is 5.54 Å². The van der Waals surface area contributed by atoms with Crippen LogP contribution in [0.1, 0.15) is 65.2 Å². The molecule has 1 N–H and O–H groups in total. The number of unbranched alkanes of at least 4 members (excludes halogenated alkanes) is 1. The van der Waals surface area contributed by atoms with Crippen molar-refractivity contribution < 1.29 is 0 Å². The van der Waals surface area contributed by atoms with E-state index in [4.69, 9.17) is 0 Å². The molecule has 1 heteroatoms. The predicted octanol–water partition coefficient (Wildman–Crippen LogP) is 4.29. The maximum absolute atomic E-state index is 3.61. The van der Waals surface area contributed by atoms with Crippen molar-refractivity contribution in [2.24, 2.45) is 5.92 Å². The average molecular weight is 223 g/mol. The summed E-state index contributed by atoms with van der Waals surface area (Å²) in [5.41, 5.74) is 0.391. The van der Waals surface area contributed by atoms with Crippen LogP contribution in [0.15, 0.2) is 12.2 Å². The van der Waals surface area contributed by atoms with E-state index < -0.39 is 0 Å². The van der Waals surface area contributed by atoms with E-state index in [2.05, 4.69) is 38.4 Å². The highest BCUT2D eigenvalue weighted by Gasteiger charge is 2.28. The van der Waals surface area contributed by atoms with Gasteiger partial charge in [0.15, 0.2) is 0 Å². The molecule has 0 amide bonds. The number of allylic oxidation sites excluding steroid dienone is 2. The highest BCUT2D eigenvalue weighted by molar-refractivity contribution is 4.98. The molecular weight excluding hydrogens is 194 g/mol. The lowest BCUT2D eigenvalue weighted by Crippen LogP contribution is -2.44. The summed E-state index contributed by atoms with van der Waals surface area (Å²) in [5, 5.41) is 3.61. The zero-order valence-electron chi connectivity index (χ0n) is 11.4. The highest BCUT2D eigenvalue weighted by atomic mass is 14.9. The third-order valence-corrected chi connectivity index (χ3v) is 4.22. The van der Waals surface area contributed by atoms with Crippen LogP contribution < -0.4 is 5.32 Å². The average Bonchev–Trinajstić information content (AvgIpc) is 2.36. The summed E-state index contributed by atoms with van der Waals surface area (Å²) in [6, 6.07) is 0. The number of hydrogen-bond acceptors (Lipinski definition) is 1. The second-order valence-corrected chi connectivity index (χ2v) is 5.31. The van der Waals surface area contributed by atoms with Crippen LogP contribution in [0.5, 0.6) is 0 Å². The van der Waals surface area contributed by atoms with Crippen LogP contribution in [0.3, 0.4) is 0 Å². The van der Waals surface area contributed by atoms with Gasteiger partial charge in [-0.1, -0.05) is 38.8 Å². The van der Waals surface area contributed by atoms with Crippen molar-refractivity contribution in [2.75, 3.05) is 7.05 Å². The van der Waals surface area contributed by atoms with Crippen LogP contribution in [0.2, 0.25) is 0 Å². The monoisotopic (exact) mass is 223 g/mol. The van der Waals surface area contributed by atoms with Crippen LogP contribution in [-0.4, -0.2) is 12.6 Å². The lowest BCUT2D eigenvalue weighted by atomic mass is 9.78. The van der Waals surface area contributed by atoms with Crippen molar-refractivity contribution in [1.29, 1.82) is 0 Å². The van der Waals surface area contributed by atoms with E-state index in [1.54, 1.807) is 0 Å². The zero-order valence-corrected chi connectivity index (χ0v) is 11.4. The molecule has 2 atom stereocenters. The Kier molecular flexibility index (Phi) is 6.12. The molecule has 0 aromatic carbocycles. The minimum absolute atomic E-state index is 0.391. The fraction of sp³-hybridized carbons (Fsp3) is 0.867. The normalized spacial score (nSPS) is 24.3. The molecule has 0 radical (unpaired) electrons. The van der Waals surface area contributed by atoms with Crippen LogP contribution >= 0.6 is 0 Å². The third kappa shape index (κ3) is 3.93. The number of hydrogen-bond donors (Lipinski definition) is 1. The largest absolute Gasteiger partial charge is 0.314 e. The Morgan fingerprint density at radius 2 is 2.19 bits per heavy atom. The van der Waals surface area contributed by atoms with E-state index in [1.807, 2.05) is 0 Å². The van der Waals surface area contributed by atoms with E-state index in [1.165, 1.54) is 51.4 Å². The first-order valence-corrected chi connectivity index (χ1v) is 7.12. The van der Waals surface area contributed by atoms with Crippen molar-refractivity contribution in [2.45, 2.75) is 70.8 Å². The maximum Gasteiger partial charge on any atom is 0.0181 e. The minimum Gasteiger partial charge on any atom is -0.314 e. The van der Waals surface area contributed by atoms with Gasteiger partial charge >= 0.3 is 0 Å². The van der Waals surface area contributed by atoms with Crippen molar-refractivity contribution in [3.05, 3.63) is 12.2 Å². The lowest BCUT2D eigenvalue weighted by molar-refractivity contribution is 0.245. The second kappa shape index (κ2) is 7.11. The Morgan fingerprint density at radius 3 is 2.69 bits per heavy atom. The van der Waals surface area contributed by atoms with Crippen molar-refractivity contribution in [1.82, 2.24) is 5.32 Å². The van der Waals surface area contributed by atoms with Crippen LogP contribution in [-0.2, 0) is 0 Å². The molecule has 94 valence electrons. The van der Waals surface area contributed by atoms with Crippen LogP contribution in [0.25, 0.3) is 0 Å². The molecule has 0 fully saturated rings. The molecule has 0 spiro atoms. The van der Waals surface area contributed by atoms with Gasteiger partial charge < -0.3 is 5.32 Å². The summed E-state index contributed by atoms with van der Waals surface area (Å²) < 4.78 is 0. The number of nitrogens with one attached hydrogen (secondary N) is 1. The molecule has 0 saturated carbocycles. The fourth-order valence-corrected chi connectivity index (χ4v) is 2.90. The van der Waals surface area contributed by atoms with Gasteiger partial charge in [0.25, 0.3) is 0 Å². The first kappa shape index (κ1) is 13.8. The molecule has 0 aromatic rings. The second-order valence-electron chi connectivity index (χ2n) is 5.31. The van der Waals surface area contributed by atoms with E-state index in [9.17, 15) is 0 Å². The summed E-state index contributed by atoms with van der Waals surface area (Å²) >= 11 is 0. The van der Waals surface area contributed by atoms with Crippen LogP contribution in [0, 0.1) is 5.92 Å².